The summed E-state index contributed by atoms with van der Waals surface area (Å²) in [6.45, 7) is 0.613. The molecule has 140 valence electrons. The lowest BCUT2D eigenvalue weighted by Gasteiger charge is -2.22. The van der Waals surface area contributed by atoms with Gasteiger partial charge in [-0.05, 0) is 61.1 Å². The second kappa shape index (κ2) is 7.65. The molecule has 0 fully saturated rings. The molecule has 1 amide bonds. The Morgan fingerprint density at radius 2 is 2.15 bits per heavy atom. The van der Waals surface area contributed by atoms with Crippen molar-refractivity contribution in [2.45, 2.75) is 25.7 Å². The van der Waals surface area contributed by atoms with Gasteiger partial charge in [0.05, 0.1) is 7.11 Å². The summed E-state index contributed by atoms with van der Waals surface area (Å²) in [5, 5.41) is 4.98. The van der Waals surface area contributed by atoms with Gasteiger partial charge < -0.3 is 15.0 Å². The number of halogens is 1. The maximum atomic E-state index is 12.7. The molecule has 1 aliphatic rings. The van der Waals surface area contributed by atoms with Gasteiger partial charge in [0, 0.05) is 34.1 Å². The lowest BCUT2D eigenvalue weighted by molar-refractivity contribution is -0.125. The van der Waals surface area contributed by atoms with Crippen molar-refractivity contribution < 1.29 is 9.53 Å². The molecule has 0 spiro atoms. The lowest BCUT2D eigenvalue weighted by Crippen LogP contribution is -2.35. The van der Waals surface area contributed by atoms with Crippen LogP contribution in [0.25, 0.3) is 10.9 Å². The predicted octanol–water partition coefficient (Wildman–Crippen LogP) is 4.29. The fourth-order valence-corrected chi connectivity index (χ4v) is 4.16. The van der Waals surface area contributed by atoms with Gasteiger partial charge in [0.15, 0.2) is 0 Å². The Bertz CT molecular complexity index is 980. The Morgan fingerprint density at radius 1 is 1.30 bits per heavy atom. The van der Waals surface area contributed by atoms with Gasteiger partial charge in [0.2, 0.25) is 5.91 Å². The van der Waals surface area contributed by atoms with E-state index in [2.05, 4.69) is 10.3 Å². The van der Waals surface area contributed by atoms with Crippen molar-refractivity contribution in [3.63, 3.8) is 0 Å². The van der Waals surface area contributed by atoms with Crippen LogP contribution < -0.4 is 10.1 Å². The number of methoxy groups -OCH3 is 1. The van der Waals surface area contributed by atoms with E-state index in [1.54, 1.807) is 7.11 Å². The first-order valence-electron chi connectivity index (χ1n) is 9.34. The van der Waals surface area contributed by atoms with Crippen LogP contribution in [0.2, 0.25) is 5.02 Å². The van der Waals surface area contributed by atoms with Crippen LogP contribution >= 0.6 is 11.6 Å². The summed E-state index contributed by atoms with van der Waals surface area (Å²) in [7, 11) is 1.67. The summed E-state index contributed by atoms with van der Waals surface area (Å²) in [5.41, 5.74) is 4.69. The highest BCUT2D eigenvalue weighted by atomic mass is 35.5. The molecule has 0 aliphatic heterocycles. The molecule has 0 saturated carbocycles. The zero-order valence-corrected chi connectivity index (χ0v) is 16.1. The van der Waals surface area contributed by atoms with Crippen molar-refractivity contribution in [2.75, 3.05) is 13.7 Å². The Morgan fingerprint density at radius 3 is 3.00 bits per heavy atom. The highest BCUT2D eigenvalue weighted by molar-refractivity contribution is 6.31. The Balaban J connectivity index is 1.40. The van der Waals surface area contributed by atoms with Crippen LogP contribution in [0.5, 0.6) is 5.75 Å². The molecule has 2 N–H and O–H groups in total. The fraction of sp³-hybridized carbons (Fsp3) is 0.318. The summed E-state index contributed by atoms with van der Waals surface area (Å²) < 4.78 is 5.37. The molecule has 0 saturated heterocycles. The van der Waals surface area contributed by atoms with Gasteiger partial charge in [0.1, 0.15) is 5.75 Å². The van der Waals surface area contributed by atoms with E-state index in [1.807, 2.05) is 42.5 Å². The molecule has 1 unspecified atom stereocenters. The van der Waals surface area contributed by atoms with Gasteiger partial charge in [-0.1, -0.05) is 29.8 Å². The van der Waals surface area contributed by atoms with E-state index < -0.39 is 0 Å². The van der Waals surface area contributed by atoms with E-state index >= 15 is 0 Å². The standard InChI is InChI=1S/C22H23ClN2O2/c1-27-21-5-3-2-4-14(21)10-11-24-22(26)15-6-8-19-17(12-15)18-13-16(23)7-9-20(18)25-19/h2-5,7,9,13,15,25H,6,8,10-12H2,1H3,(H,24,26). The van der Waals surface area contributed by atoms with Crippen molar-refractivity contribution in [1.29, 1.82) is 0 Å². The van der Waals surface area contributed by atoms with Gasteiger partial charge in [0.25, 0.3) is 0 Å². The van der Waals surface area contributed by atoms with Gasteiger partial charge in [-0.25, -0.2) is 0 Å². The van der Waals surface area contributed by atoms with Gasteiger partial charge in [-0.15, -0.1) is 0 Å². The minimum absolute atomic E-state index is 0.00755. The maximum Gasteiger partial charge on any atom is 0.223 e. The summed E-state index contributed by atoms with van der Waals surface area (Å²) in [4.78, 5) is 16.2. The number of aromatic amines is 1. The summed E-state index contributed by atoms with van der Waals surface area (Å²) in [5.74, 6) is 1.00. The molecule has 4 nitrogen and oxygen atoms in total. The van der Waals surface area contributed by atoms with Crippen LogP contribution in [0.4, 0.5) is 0 Å². The van der Waals surface area contributed by atoms with Crippen molar-refractivity contribution in [3.05, 3.63) is 64.3 Å². The second-order valence-corrected chi connectivity index (χ2v) is 7.50. The average molecular weight is 383 g/mol. The van der Waals surface area contributed by atoms with Crippen molar-refractivity contribution in [2.24, 2.45) is 5.92 Å². The first kappa shape index (κ1) is 17.9. The fourth-order valence-electron chi connectivity index (χ4n) is 3.99. The number of carbonyl (C=O) groups is 1. The zero-order valence-electron chi connectivity index (χ0n) is 15.3. The highest BCUT2D eigenvalue weighted by Gasteiger charge is 2.27. The van der Waals surface area contributed by atoms with Crippen molar-refractivity contribution in [3.8, 4) is 5.75 Å². The molecule has 0 radical (unpaired) electrons. The SMILES string of the molecule is COc1ccccc1CCNC(=O)C1CCc2[nH]c3ccc(Cl)cc3c2C1. The molecule has 2 aromatic carbocycles. The predicted molar refractivity (Wildman–Crippen MR) is 109 cm³/mol. The lowest BCUT2D eigenvalue weighted by atomic mass is 9.86. The maximum absolute atomic E-state index is 12.7. The number of para-hydroxylation sites is 1. The van der Waals surface area contributed by atoms with E-state index in [0.717, 1.165) is 52.9 Å². The molecular formula is C22H23ClN2O2. The van der Waals surface area contributed by atoms with Crippen LogP contribution in [0, 0.1) is 5.92 Å². The van der Waals surface area contributed by atoms with Crippen LogP contribution in [0.15, 0.2) is 42.5 Å². The van der Waals surface area contributed by atoms with Crippen molar-refractivity contribution in [1.82, 2.24) is 10.3 Å². The van der Waals surface area contributed by atoms with E-state index in [0.29, 0.717) is 6.54 Å². The second-order valence-electron chi connectivity index (χ2n) is 7.06. The Hall–Kier alpha value is -2.46. The van der Waals surface area contributed by atoms with Crippen LogP contribution in [0.3, 0.4) is 0 Å². The topological polar surface area (TPSA) is 54.1 Å². The highest BCUT2D eigenvalue weighted by Crippen LogP contribution is 2.33. The number of amides is 1. The molecule has 4 rings (SSSR count). The molecule has 1 aromatic heterocycles. The molecule has 1 heterocycles. The molecule has 1 aliphatic carbocycles. The first-order valence-corrected chi connectivity index (χ1v) is 9.72. The van der Waals surface area contributed by atoms with E-state index in [9.17, 15) is 4.79 Å². The Kier molecular flexibility index (Phi) is 5.08. The molecule has 0 bridgehead atoms. The Labute approximate surface area is 163 Å². The summed E-state index contributed by atoms with van der Waals surface area (Å²) in [6, 6.07) is 13.8. The minimum atomic E-state index is 0.00755. The van der Waals surface area contributed by atoms with Gasteiger partial charge >= 0.3 is 0 Å². The van der Waals surface area contributed by atoms with Gasteiger partial charge in [-0.2, -0.15) is 0 Å². The number of hydrogen-bond acceptors (Lipinski definition) is 2. The number of aromatic nitrogens is 1. The number of benzene rings is 2. The molecule has 1 atom stereocenters. The summed E-state index contributed by atoms with van der Waals surface area (Å²) in [6.07, 6.45) is 3.28. The van der Waals surface area contributed by atoms with E-state index in [-0.39, 0.29) is 11.8 Å². The third-order valence-electron chi connectivity index (χ3n) is 5.41. The number of nitrogens with one attached hydrogen (secondary N) is 2. The number of hydrogen-bond donors (Lipinski definition) is 2. The number of aryl methyl sites for hydroxylation is 1. The molecular weight excluding hydrogens is 360 g/mol. The summed E-state index contributed by atoms with van der Waals surface area (Å²) >= 11 is 6.17. The molecule has 3 aromatic rings. The van der Waals surface area contributed by atoms with Crippen LogP contribution in [-0.4, -0.2) is 24.5 Å². The normalized spacial score (nSPS) is 16.1. The average Bonchev–Trinajstić information content (AvgIpc) is 3.05. The third-order valence-corrected chi connectivity index (χ3v) is 5.64. The quantitative estimate of drug-likeness (QED) is 0.691. The smallest absolute Gasteiger partial charge is 0.223 e. The van der Waals surface area contributed by atoms with E-state index in [1.165, 1.54) is 11.3 Å². The first-order chi connectivity index (χ1) is 13.2. The van der Waals surface area contributed by atoms with E-state index in [4.69, 9.17) is 16.3 Å². The molecule has 5 heteroatoms. The monoisotopic (exact) mass is 382 g/mol. The number of H-pyrrole nitrogens is 1. The minimum Gasteiger partial charge on any atom is -0.496 e. The third kappa shape index (κ3) is 3.67. The zero-order chi connectivity index (χ0) is 18.8. The molecule has 27 heavy (non-hydrogen) atoms. The van der Waals surface area contributed by atoms with Crippen LogP contribution in [-0.2, 0) is 24.1 Å². The number of carbonyl (C=O) groups excluding carboxylic acids is 1. The largest absolute Gasteiger partial charge is 0.496 e. The van der Waals surface area contributed by atoms with Crippen molar-refractivity contribution >= 4 is 28.4 Å². The van der Waals surface area contributed by atoms with Gasteiger partial charge in [-0.3, -0.25) is 4.79 Å². The number of ether oxygens (including phenoxy) is 1. The van der Waals surface area contributed by atoms with Crippen LogP contribution in [0.1, 0.15) is 23.2 Å². The number of fused-ring (bicyclic) bond motifs is 3. The number of rotatable bonds is 5.